The van der Waals surface area contributed by atoms with Gasteiger partial charge in [0.15, 0.2) is 0 Å². The summed E-state index contributed by atoms with van der Waals surface area (Å²) in [4.78, 5) is 0. The number of fused-ring (bicyclic) bond motifs is 1. The number of alkyl halides is 3. The van der Waals surface area contributed by atoms with Crippen LogP contribution in [0.4, 0.5) is 13.2 Å². The molecule has 0 atom stereocenters. The summed E-state index contributed by atoms with van der Waals surface area (Å²) in [5.74, 6) is -0.134. The zero-order chi connectivity index (χ0) is 10.2. The molecular formula is C9H5F3OS. The second-order valence-electron chi connectivity index (χ2n) is 2.64. The molecule has 1 nitrogen and oxygen atoms in total. The fourth-order valence-corrected chi connectivity index (χ4v) is 2.02. The van der Waals surface area contributed by atoms with Crippen molar-refractivity contribution in [3.8, 4) is 5.75 Å². The lowest BCUT2D eigenvalue weighted by Gasteiger charge is -2.08. The van der Waals surface area contributed by atoms with Crippen LogP contribution in [0.2, 0.25) is 0 Å². The minimum absolute atomic E-state index is 0.134. The van der Waals surface area contributed by atoms with Crippen LogP contribution in [0.15, 0.2) is 29.6 Å². The van der Waals surface area contributed by atoms with E-state index in [2.05, 4.69) is 4.74 Å². The van der Waals surface area contributed by atoms with Gasteiger partial charge >= 0.3 is 6.36 Å². The van der Waals surface area contributed by atoms with Crippen LogP contribution in [-0.4, -0.2) is 6.36 Å². The highest BCUT2D eigenvalue weighted by atomic mass is 32.1. The van der Waals surface area contributed by atoms with Crippen molar-refractivity contribution in [2.45, 2.75) is 6.36 Å². The zero-order valence-electron chi connectivity index (χ0n) is 6.84. The third-order valence-corrected chi connectivity index (χ3v) is 2.61. The smallest absolute Gasteiger partial charge is 0.404 e. The molecule has 0 saturated heterocycles. The standard InChI is InChI=1S/C9H5F3OS/c10-9(11,12)13-7-3-1-2-6-4-5-14-8(6)7/h1-5H. The molecule has 5 heteroatoms. The molecule has 2 aromatic rings. The summed E-state index contributed by atoms with van der Waals surface area (Å²) < 4.78 is 40.3. The number of halogens is 3. The van der Waals surface area contributed by atoms with Crippen LogP contribution < -0.4 is 4.74 Å². The number of benzene rings is 1. The minimum Gasteiger partial charge on any atom is -0.404 e. The first kappa shape index (κ1) is 9.33. The van der Waals surface area contributed by atoms with Gasteiger partial charge in [-0.25, -0.2) is 0 Å². The molecule has 0 bridgehead atoms. The van der Waals surface area contributed by atoms with Crippen molar-refractivity contribution < 1.29 is 17.9 Å². The van der Waals surface area contributed by atoms with Crippen molar-refractivity contribution in [3.63, 3.8) is 0 Å². The number of hydrogen-bond donors (Lipinski definition) is 0. The molecule has 74 valence electrons. The molecule has 0 N–H and O–H groups in total. The maximum absolute atomic E-state index is 12.0. The van der Waals surface area contributed by atoms with E-state index < -0.39 is 6.36 Å². The Labute approximate surface area is 81.7 Å². The van der Waals surface area contributed by atoms with Gasteiger partial charge < -0.3 is 4.74 Å². The molecule has 0 saturated carbocycles. The van der Waals surface area contributed by atoms with Gasteiger partial charge in [-0.3, -0.25) is 0 Å². The number of ether oxygens (including phenoxy) is 1. The molecule has 0 unspecified atom stereocenters. The van der Waals surface area contributed by atoms with Gasteiger partial charge in [0.25, 0.3) is 0 Å². The van der Waals surface area contributed by atoms with Gasteiger partial charge in [-0.1, -0.05) is 12.1 Å². The van der Waals surface area contributed by atoms with E-state index in [4.69, 9.17) is 0 Å². The molecule has 2 rings (SSSR count). The zero-order valence-corrected chi connectivity index (χ0v) is 7.65. The van der Waals surface area contributed by atoms with E-state index in [1.807, 2.05) is 0 Å². The maximum Gasteiger partial charge on any atom is 0.573 e. The third kappa shape index (κ3) is 1.82. The molecule has 0 aliphatic heterocycles. The van der Waals surface area contributed by atoms with Crippen molar-refractivity contribution in [2.75, 3.05) is 0 Å². The maximum atomic E-state index is 12.0. The minimum atomic E-state index is -4.63. The normalized spacial score (nSPS) is 11.9. The van der Waals surface area contributed by atoms with E-state index in [1.54, 1.807) is 17.5 Å². The van der Waals surface area contributed by atoms with Crippen molar-refractivity contribution in [1.29, 1.82) is 0 Å². The van der Waals surface area contributed by atoms with Crippen LogP contribution in [-0.2, 0) is 0 Å². The van der Waals surface area contributed by atoms with E-state index in [-0.39, 0.29) is 5.75 Å². The number of hydrogen-bond acceptors (Lipinski definition) is 2. The molecule has 0 aliphatic rings. The second kappa shape index (κ2) is 3.16. The molecular weight excluding hydrogens is 213 g/mol. The van der Waals surface area contributed by atoms with Crippen LogP contribution in [0.25, 0.3) is 10.1 Å². The monoisotopic (exact) mass is 218 g/mol. The Bertz CT molecular complexity index is 446. The molecule has 0 amide bonds. The summed E-state index contributed by atoms with van der Waals surface area (Å²) in [5.41, 5.74) is 0. The fourth-order valence-electron chi connectivity index (χ4n) is 1.17. The van der Waals surface area contributed by atoms with Crippen LogP contribution in [0.3, 0.4) is 0 Å². The summed E-state index contributed by atoms with van der Waals surface area (Å²) in [6.45, 7) is 0. The van der Waals surface area contributed by atoms with Gasteiger partial charge in [0.1, 0.15) is 5.75 Å². The first-order chi connectivity index (χ1) is 6.56. The topological polar surface area (TPSA) is 9.23 Å². The molecule has 0 fully saturated rings. The van der Waals surface area contributed by atoms with E-state index in [0.29, 0.717) is 4.70 Å². The first-order valence-electron chi connectivity index (χ1n) is 3.78. The Morgan fingerprint density at radius 1 is 1.14 bits per heavy atom. The Hall–Kier alpha value is -1.23. The Balaban J connectivity index is 2.46. The molecule has 1 heterocycles. The Morgan fingerprint density at radius 3 is 2.64 bits per heavy atom. The lowest BCUT2D eigenvalue weighted by molar-refractivity contribution is -0.274. The van der Waals surface area contributed by atoms with E-state index >= 15 is 0 Å². The van der Waals surface area contributed by atoms with Crippen LogP contribution in [0.5, 0.6) is 5.75 Å². The molecule has 1 aromatic heterocycles. The predicted octanol–water partition coefficient (Wildman–Crippen LogP) is 3.80. The SMILES string of the molecule is FC(F)(F)Oc1cccc2ccsc12. The van der Waals surface area contributed by atoms with Gasteiger partial charge in [0.2, 0.25) is 0 Å². The van der Waals surface area contributed by atoms with E-state index in [1.165, 1.54) is 23.5 Å². The average Bonchev–Trinajstić information content (AvgIpc) is 2.49. The van der Waals surface area contributed by atoms with Crippen molar-refractivity contribution in [2.24, 2.45) is 0 Å². The molecule has 0 aliphatic carbocycles. The van der Waals surface area contributed by atoms with Crippen molar-refractivity contribution >= 4 is 21.4 Å². The highest BCUT2D eigenvalue weighted by Gasteiger charge is 2.31. The first-order valence-corrected chi connectivity index (χ1v) is 4.66. The summed E-state index contributed by atoms with van der Waals surface area (Å²) in [7, 11) is 0. The highest BCUT2D eigenvalue weighted by molar-refractivity contribution is 7.17. The average molecular weight is 218 g/mol. The Kier molecular flexibility index (Phi) is 2.11. The highest BCUT2D eigenvalue weighted by Crippen LogP contribution is 2.33. The predicted molar refractivity (Wildman–Crippen MR) is 48.5 cm³/mol. The van der Waals surface area contributed by atoms with Crippen LogP contribution >= 0.6 is 11.3 Å². The van der Waals surface area contributed by atoms with Gasteiger partial charge in [0, 0.05) is 0 Å². The summed E-state index contributed by atoms with van der Waals surface area (Å²) in [6.07, 6.45) is -4.63. The van der Waals surface area contributed by atoms with Gasteiger partial charge in [-0.05, 0) is 22.9 Å². The van der Waals surface area contributed by atoms with Gasteiger partial charge in [-0.15, -0.1) is 24.5 Å². The summed E-state index contributed by atoms with van der Waals surface area (Å²) >= 11 is 1.23. The fraction of sp³-hybridized carbons (Fsp3) is 0.111. The molecule has 14 heavy (non-hydrogen) atoms. The van der Waals surface area contributed by atoms with Crippen LogP contribution in [0.1, 0.15) is 0 Å². The van der Waals surface area contributed by atoms with E-state index in [9.17, 15) is 13.2 Å². The summed E-state index contributed by atoms with van der Waals surface area (Å²) in [6, 6.07) is 6.35. The number of thiophene rings is 1. The lowest BCUT2D eigenvalue weighted by Crippen LogP contribution is -2.17. The molecule has 1 aromatic carbocycles. The largest absolute Gasteiger partial charge is 0.573 e. The molecule has 0 spiro atoms. The lowest BCUT2D eigenvalue weighted by atomic mass is 10.2. The number of rotatable bonds is 1. The molecule has 0 radical (unpaired) electrons. The van der Waals surface area contributed by atoms with Crippen molar-refractivity contribution in [1.82, 2.24) is 0 Å². The third-order valence-electron chi connectivity index (χ3n) is 1.67. The van der Waals surface area contributed by atoms with E-state index in [0.717, 1.165) is 5.39 Å². The van der Waals surface area contributed by atoms with Crippen LogP contribution in [0, 0.1) is 0 Å². The van der Waals surface area contributed by atoms with Gasteiger partial charge in [0.05, 0.1) is 4.70 Å². The Morgan fingerprint density at radius 2 is 1.93 bits per heavy atom. The second-order valence-corrected chi connectivity index (χ2v) is 3.56. The van der Waals surface area contributed by atoms with Gasteiger partial charge in [-0.2, -0.15) is 0 Å². The van der Waals surface area contributed by atoms with Crippen molar-refractivity contribution in [3.05, 3.63) is 29.6 Å². The quantitative estimate of drug-likeness (QED) is 0.707. The summed E-state index contributed by atoms with van der Waals surface area (Å²) in [5, 5.41) is 2.49.